The van der Waals surface area contributed by atoms with E-state index in [1.165, 1.54) is 12.5 Å². The molecule has 0 aromatic rings. The van der Waals surface area contributed by atoms with Gasteiger partial charge in [-0.15, -0.1) is 0 Å². The molecular formula is C27H40O5. The van der Waals surface area contributed by atoms with E-state index in [0.717, 1.165) is 57.8 Å². The van der Waals surface area contributed by atoms with Crippen molar-refractivity contribution in [3.8, 4) is 0 Å². The summed E-state index contributed by atoms with van der Waals surface area (Å²) in [5.74, 6) is 0.930. The van der Waals surface area contributed by atoms with Gasteiger partial charge in [0.05, 0.1) is 0 Å². The summed E-state index contributed by atoms with van der Waals surface area (Å²) in [5, 5.41) is 0. The highest BCUT2D eigenvalue weighted by atomic mass is 16.5. The highest BCUT2D eigenvalue weighted by Crippen LogP contribution is 2.64. The second-order valence-electron chi connectivity index (χ2n) is 11.2. The predicted molar refractivity (Wildman–Crippen MR) is 122 cm³/mol. The third-order valence-electron chi connectivity index (χ3n) is 9.36. The molecule has 5 heteroatoms. The molecule has 0 bridgehead atoms. The third-order valence-corrected chi connectivity index (χ3v) is 9.36. The summed E-state index contributed by atoms with van der Waals surface area (Å²) in [6.07, 6.45) is 11.3. The first-order valence-electron chi connectivity index (χ1n) is 12.8. The summed E-state index contributed by atoms with van der Waals surface area (Å²) in [7, 11) is 0. The van der Waals surface area contributed by atoms with Crippen LogP contribution in [0.3, 0.4) is 0 Å². The highest BCUT2D eigenvalue weighted by Gasteiger charge is 2.61. The zero-order chi connectivity index (χ0) is 23.1. The number of esters is 2. The van der Waals surface area contributed by atoms with Gasteiger partial charge in [-0.25, -0.2) is 0 Å². The number of unbranched alkanes of at least 4 members (excludes halogenated alkanes) is 2. The maximum absolute atomic E-state index is 12.8. The van der Waals surface area contributed by atoms with Crippen molar-refractivity contribution in [3.05, 3.63) is 11.6 Å². The maximum atomic E-state index is 12.8. The van der Waals surface area contributed by atoms with E-state index in [9.17, 15) is 14.4 Å². The van der Waals surface area contributed by atoms with Crippen LogP contribution in [0.1, 0.15) is 98.3 Å². The minimum atomic E-state index is -0.274. The first kappa shape index (κ1) is 23.5. The summed E-state index contributed by atoms with van der Waals surface area (Å²) >= 11 is 0. The van der Waals surface area contributed by atoms with Gasteiger partial charge in [-0.1, -0.05) is 39.2 Å². The lowest BCUT2D eigenvalue weighted by molar-refractivity contribution is -0.161. The third kappa shape index (κ3) is 4.05. The highest BCUT2D eigenvalue weighted by molar-refractivity contribution is 5.87. The van der Waals surface area contributed by atoms with Crippen molar-refractivity contribution in [1.29, 1.82) is 0 Å². The van der Waals surface area contributed by atoms with Crippen molar-refractivity contribution in [2.24, 2.45) is 28.6 Å². The quantitative estimate of drug-likeness (QED) is 0.305. The van der Waals surface area contributed by atoms with E-state index in [0.29, 0.717) is 24.5 Å². The van der Waals surface area contributed by atoms with Crippen molar-refractivity contribution in [2.75, 3.05) is 0 Å². The predicted octanol–water partition coefficient (Wildman–Crippen LogP) is 5.55. The number of rotatable bonds is 6. The summed E-state index contributed by atoms with van der Waals surface area (Å²) in [6, 6.07) is 0. The number of Topliss-reactive ketones (excluding diaryl/α,β-unsaturated/α-hetero) is 1. The van der Waals surface area contributed by atoms with Gasteiger partial charge in [0, 0.05) is 37.5 Å². The number of fused-ring (bicyclic) bond motifs is 5. The topological polar surface area (TPSA) is 69.7 Å². The molecule has 3 unspecified atom stereocenters. The fraction of sp³-hybridized carbons (Fsp3) is 0.815. The smallest absolute Gasteiger partial charge is 0.306 e. The van der Waals surface area contributed by atoms with Crippen LogP contribution in [0.5, 0.6) is 0 Å². The van der Waals surface area contributed by atoms with Crippen molar-refractivity contribution >= 4 is 17.7 Å². The first-order chi connectivity index (χ1) is 15.2. The number of hydrogen-bond acceptors (Lipinski definition) is 5. The lowest BCUT2D eigenvalue weighted by Crippen LogP contribution is -2.55. The fourth-order valence-corrected chi connectivity index (χ4v) is 7.54. The average Bonchev–Trinajstić information content (AvgIpc) is 3.03. The molecule has 4 aliphatic carbocycles. The van der Waals surface area contributed by atoms with Gasteiger partial charge < -0.3 is 9.47 Å². The summed E-state index contributed by atoms with van der Waals surface area (Å²) in [6.45, 7) is 8.12. The van der Waals surface area contributed by atoms with Gasteiger partial charge in [-0.3, -0.25) is 14.4 Å². The van der Waals surface area contributed by atoms with Crippen LogP contribution in [0, 0.1) is 28.6 Å². The monoisotopic (exact) mass is 444 g/mol. The number of ketones is 1. The summed E-state index contributed by atoms with van der Waals surface area (Å²) < 4.78 is 11.7. The molecule has 0 aromatic heterocycles. The van der Waals surface area contributed by atoms with Crippen LogP contribution in [-0.4, -0.2) is 29.9 Å². The van der Waals surface area contributed by atoms with E-state index >= 15 is 0 Å². The van der Waals surface area contributed by atoms with Crippen LogP contribution in [0.4, 0.5) is 0 Å². The largest absolute Gasteiger partial charge is 0.462 e. The summed E-state index contributed by atoms with van der Waals surface area (Å²) in [4.78, 5) is 37.2. The Morgan fingerprint density at radius 1 is 1.03 bits per heavy atom. The Kier molecular flexibility index (Phi) is 6.57. The Hall–Kier alpha value is -1.65. The normalized spacial score (nSPS) is 40.6. The van der Waals surface area contributed by atoms with Gasteiger partial charge in [-0.2, -0.15) is 0 Å². The van der Waals surface area contributed by atoms with Gasteiger partial charge in [-0.05, 0) is 61.9 Å². The molecule has 4 rings (SSSR count). The molecule has 178 valence electrons. The van der Waals surface area contributed by atoms with Gasteiger partial charge in [0.15, 0.2) is 0 Å². The first-order valence-corrected chi connectivity index (χ1v) is 12.8. The molecule has 32 heavy (non-hydrogen) atoms. The Morgan fingerprint density at radius 3 is 2.47 bits per heavy atom. The lowest BCUT2D eigenvalue weighted by Gasteiger charge is -2.58. The fourth-order valence-electron chi connectivity index (χ4n) is 7.54. The molecule has 5 nitrogen and oxygen atoms in total. The molecule has 0 radical (unpaired) electrons. The Labute approximate surface area is 192 Å². The number of ether oxygens (including phenoxy) is 2. The van der Waals surface area contributed by atoms with Crippen molar-refractivity contribution in [2.45, 2.75) is 111 Å². The van der Waals surface area contributed by atoms with Gasteiger partial charge >= 0.3 is 11.9 Å². The van der Waals surface area contributed by atoms with Gasteiger partial charge in [0.1, 0.15) is 18.0 Å². The zero-order valence-corrected chi connectivity index (χ0v) is 20.3. The lowest BCUT2D eigenvalue weighted by atomic mass is 9.47. The van der Waals surface area contributed by atoms with E-state index < -0.39 is 0 Å². The van der Waals surface area contributed by atoms with E-state index in [4.69, 9.17) is 9.47 Å². The molecule has 0 spiro atoms. The second-order valence-corrected chi connectivity index (χ2v) is 11.2. The van der Waals surface area contributed by atoms with Gasteiger partial charge in [0.2, 0.25) is 0 Å². The molecule has 0 heterocycles. The molecule has 0 N–H and O–H groups in total. The van der Waals surface area contributed by atoms with E-state index in [1.807, 2.05) is 0 Å². The molecule has 3 fully saturated rings. The molecule has 0 aliphatic heterocycles. The minimum Gasteiger partial charge on any atom is -0.462 e. The standard InChI is InChI=1S/C27H40O5/c1-5-6-7-8-24(30)32-22-16-18-15-19(31-17(2)28)11-13-26(18,3)21-12-14-27(4)20(25(21)22)9-10-23(27)29/h16,19-22,25H,5-15H2,1-4H3/t19-,20?,21?,22+,25?,26-,27-/m0/s1. The molecule has 0 amide bonds. The number of carbonyl (C=O) groups excluding carboxylic acids is 3. The van der Waals surface area contributed by atoms with Crippen LogP contribution < -0.4 is 0 Å². The Bertz CT molecular complexity index is 800. The maximum Gasteiger partial charge on any atom is 0.306 e. The molecule has 4 aliphatic rings. The zero-order valence-electron chi connectivity index (χ0n) is 20.3. The number of carbonyl (C=O) groups is 3. The summed E-state index contributed by atoms with van der Waals surface area (Å²) in [5.41, 5.74) is 1.04. The average molecular weight is 445 g/mol. The molecule has 0 aromatic carbocycles. The molecule has 3 saturated carbocycles. The second kappa shape index (κ2) is 8.95. The van der Waals surface area contributed by atoms with Crippen molar-refractivity contribution in [3.63, 3.8) is 0 Å². The molecule has 0 saturated heterocycles. The van der Waals surface area contributed by atoms with E-state index in [2.05, 4.69) is 26.8 Å². The molecular weight excluding hydrogens is 404 g/mol. The van der Waals surface area contributed by atoms with Crippen LogP contribution in [-0.2, 0) is 23.9 Å². The minimum absolute atomic E-state index is 0.0272. The van der Waals surface area contributed by atoms with E-state index in [-0.39, 0.29) is 46.8 Å². The van der Waals surface area contributed by atoms with Crippen molar-refractivity contribution < 1.29 is 23.9 Å². The van der Waals surface area contributed by atoms with Crippen LogP contribution in [0.2, 0.25) is 0 Å². The van der Waals surface area contributed by atoms with E-state index in [1.54, 1.807) is 0 Å². The Morgan fingerprint density at radius 2 is 1.75 bits per heavy atom. The van der Waals surface area contributed by atoms with Crippen LogP contribution >= 0.6 is 0 Å². The Balaban J connectivity index is 1.64. The van der Waals surface area contributed by atoms with Crippen LogP contribution in [0.25, 0.3) is 0 Å². The molecule has 7 atom stereocenters. The SMILES string of the molecule is CCCCCC(=O)O[C@@H]1C=C2C[C@@H](OC(C)=O)CC[C@]2(C)C2CC[C@]3(C)C(=O)CCC3C21. The van der Waals surface area contributed by atoms with Crippen molar-refractivity contribution in [1.82, 2.24) is 0 Å². The van der Waals surface area contributed by atoms with Crippen LogP contribution in [0.15, 0.2) is 11.6 Å². The number of hydrogen-bond donors (Lipinski definition) is 0. The van der Waals surface area contributed by atoms with Gasteiger partial charge in [0.25, 0.3) is 0 Å².